The Labute approximate surface area is 67.2 Å². The highest BCUT2D eigenvalue weighted by Crippen LogP contribution is 1.87. The standard InChI is InChI=1S/C5H7N5O2/c1-3(11)7-8-4-2-6-10-9-5(4)12/h2H,1H3,(H,7,11)(H,8,10)(H,6,9,12). The molecule has 0 aliphatic rings. The van der Waals surface area contributed by atoms with Gasteiger partial charge in [-0.1, -0.05) is 5.21 Å². The second-order valence-electron chi connectivity index (χ2n) is 2.01. The number of amides is 1. The SMILES string of the molecule is CC(=O)NNc1cnn[nH]c1=O. The van der Waals surface area contributed by atoms with Crippen LogP contribution in [0.4, 0.5) is 5.69 Å². The molecule has 12 heavy (non-hydrogen) atoms. The van der Waals surface area contributed by atoms with Crippen molar-refractivity contribution in [1.29, 1.82) is 0 Å². The van der Waals surface area contributed by atoms with E-state index < -0.39 is 5.56 Å². The average molecular weight is 169 g/mol. The topological polar surface area (TPSA) is 99.8 Å². The van der Waals surface area contributed by atoms with E-state index in [9.17, 15) is 9.59 Å². The highest BCUT2D eigenvalue weighted by atomic mass is 16.2. The first-order valence-corrected chi connectivity index (χ1v) is 3.13. The molecule has 64 valence electrons. The lowest BCUT2D eigenvalue weighted by Gasteiger charge is -2.02. The van der Waals surface area contributed by atoms with E-state index in [0.717, 1.165) is 0 Å². The molecule has 0 fully saturated rings. The van der Waals surface area contributed by atoms with Gasteiger partial charge < -0.3 is 0 Å². The fourth-order valence-corrected chi connectivity index (χ4v) is 0.524. The van der Waals surface area contributed by atoms with Crippen LogP contribution in [0.1, 0.15) is 6.92 Å². The van der Waals surface area contributed by atoms with Crippen LogP contribution in [0, 0.1) is 0 Å². The van der Waals surface area contributed by atoms with Gasteiger partial charge in [0.2, 0.25) is 5.91 Å². The van der Waals surface area contributed by atoms with Crippen LogP contribution >= 0.6 is 0 Å². The molecule has 0 radical (unpaired) electrons. The van der Waals surface area contributed by atoms with Gasteiger partial charge in [0, 0.05) is 6.92 Å². The van der Waals surface area contributed by atoms with Crippen LogP contribution in [-0.2, 0) is 4.79 Å². The van der Waals surface area contributed by atoms with E-state index in [4.69, 9.17) is 0 Å². The molecule has 0 aliphatic carbocycles. The summed E-state index contributed by atoms with van der Waals surface area (Å²) in [6, 6.07) is 0. The van der Waals surface area contributed by atoms with Crippen LogP contribution in [0.25, 0.3) is 0 Å². The number of carbonyl (C=O) groups excluding carboxylic acids is 1. The van der Waals surface area contributed by atoms with E-state index in [2.05, 4.69) is 26.3 Å². The average Bonchev–Trinajstić information content (AvgIpc) is 2.03. The minimum absolute atomic E-state index is 0.139. The molecule has 0 saturated heterocycles. The Hall–Kier alpha value is -1.92. The van der Waals surface area contributed by atoms with Gasteiger partial charge in [0.1, 0.15) is 5.69 Å². The van der Waals surface area contributed by atoms with Crippen LogP contribution in [0.15, 0.2) is 11.0 Å². The van der Waals surface area contributed by atoms with Crippen molar-refractivity contribution < 1.29 is 4.79 Å². The van der Waals surface area contributed by atoms with Crippen LogP contribution in [-0.4, -0.2) is 21.3 Å². The molecule has 0 aliphatic heterocycles. The summed E-state index contributed by atoms with van der Waals surface area (Å²) >= 11 is 0. The van der Waals surface area contributed by atoms with Crippen LogP contribution < -0.4 is 16.4 Å². The van der Waals surface area contributed by atoms with E-state index >= 15 is 0 Å². The number of carbonyl (C=O) groups is 1. The van der Waals surface area contributed by atoms with E-state index in [1.54, 1.807) is 0 Å². The van der Waals surface area contributed by atoms with Crippen molar-refractivity contribution in [3.8, 4) is 0 Å². The van der Waals surface area contributed by atoms with Gasteiger partial charge in [-0.3, -0.25) is 20.4 Å². The molecule has 0 bridgehead atoms. The number of H-pyrrole nitrogens is 1. The van der Waals surface area contributed by atoms with Gasteiger partial charge in [0.05, 0.1) is 6.20 Å². The summed E-state index contributed by atoms with van der Waals surface area (Å²) in [6.45, 7) is 1.32. The van der Waals surface area contributed by atoms with Crippen LogP contribution in [0.3, 0.4) is 0 Å². The summed E-state index contributed by atoms with van der Waals surface area (Å²) < 4.78 is 0. The molecule has 7 heteroatoms. The lowest BCUT2D eigenvalue weighted by molar-refractivity contribution is -0.118. The Balaban J connectivity index is 2.70. The number of hydrogen-bond donors (Lipinski definition) is 3. The molecule has 1 aromatic heterocycles. The number of nitrogens with zero attached hydrogens (tertiary/aromatic N) is 2. The van der Waals surface area contributed by atoms with Crippen molar-refractivity contribution in [3.05, 3.63) is 16.6 Å². The van der Waals surface area contributed by atoms with Crippen LogP contribution in [0.2, 0.25) is 0 Å². The Morgan fingerprint density at radius 3 is 3.00 bits per heavy atom. The van der Waals surface area contributed by atoms with Crippen molar-refractivity contribution in [2.75, 3.05) is 5.43 Å². The molecule has 0 atom stereocenters. The summed E-state index contributed by atoms with van der Waals surface area (Å²) in [4.78, 5) is 21.3. The maximum Gasteiger partial charge on any atom is 0.292 e. The van der Waals surface area contributed by atoms with Gasteiger partial charge in [0.25, 0.3) is 5.56 Å². The maximum atomic E-state index is 10.9. The van der Waals surface area contributed by atoms with Gasteiger partial charge in [0.15, 0.2) is 0 Å². The number of rotatable bonds is 2. The number of hydrogen-bond acceptors (Lipinski definition) is 5. The molecule has 1 heterocycles. The summed E-state index contributed by atoms with van der Waals surface area (Å²) in [5, 5.41) is 8.73. The number of anilines is 1. The number of hydrazine groups is 1. The van der Waals surface area contributed by atoms with E-state index in [-0.39, 0.29) is 11.6 Å². The summed E-state index contributed by atoms with van der Waals surface area (Å²) in [5.41, 5.74) is 4.29. The third kappa shape index (κ3) is 2.04. The predicted octanol–water partition coefficient (Wildman–Crippen LogP) is -1.37. The monoisotopic (exact) mass is 169 g/mol. The lowest BCUT2D eigenvalue weighted by atomic mass is 10.6. The molecular weight excluding hydrogens is 162 g/mol. The normalized spacial score (nSPS) is 9.08. The highest BCUT2D eigenvalue weighted by molar-refractivity contribution is 5.74. The molecule has 3 N–H and O–H groups in total. The van der Waals surface area contributed by atoms with Gasteiger partial charge in [-0.25, -0.2) is 5.10 Å². The first-order chi connectivity index (χ1) is 5.70. The van der Waals surface area contributed by atoms with Crippen molar-refractivity contribution in [3.63, 3.8) is 0 Å². The maximum absolute atomic E-state index is 10.9. The van der Waals surface area contributed by atoms with Gasteiger partial charge in [-0.2, -0.15) is 0 Å². The van der Waals surface area contributed by atoms with E-state index in [1.807, 2.05) is 0 Å². The fourth-order valence-electron chi connectivity index (χ4n) is 0.524. The second kappa shape index (κ2) is 3.46. The molecule has 7 nitrogen and oxygen atoms in total. The van der Waals surface area contributed by atoms with Gasteiger partial charge >= 0.3 is 0 Å². The first kappa shape index (κ1) is 8.18. The van der Waals surface area contributed by atoms with Crippen LogP contribution in [0.5, 0.6) is 0 Å². The third-order valence-electron chi connectivity index (χ3n) is 1.01. The summed E-state index contributed by atoms with van der Waals surface area (Å²) in [5.74, 6) is -0.300. The number of nitrogens with one attached hydrogen (secondary N) is 3. The summed E-state index contributed by atoms with van der Waals surface area (Å²) in [6.07, 6.45) is 1.20. The van der Waals surface area contributed by atoms with E-state index in [1.165, 1.54) is 13.1 Å². The predicted molar refractivity (Wildman–Crippen MR) is 40.1 cm³/mol. The van der Waals surface area contributed by atoms with Crippen molar-refractivity contribution >= 4 is 11.6 Å². The minimum Gasteiger partial charge on any atom is -0.292 e. The van der Waals surface area contributed by atoms with Gasteiger partial charge in [-0.15, -0.1) is 5.10 Å². The zero-order valence-corrected chi connectivity index (χ0v) is 6.29. The van der Waals surface area contributed by atoms with Crippen molar-refractivity contribution in [2.24, 2.45) is 0 Å². The van der Waals surface area contributed by atoms with Crippen molar-refractivity contribution in [1.82, 2.24) is 20.8 Å². The minimum atomic E-state index is -0.446. The molecular formula is C5H7N5O2. The lowest BCUT2D eigenvalue weighted by Crippen LogP contribution is -2.30. The molecule has 0 unspecified atom stereocenters. The smallest absolute Gasteiger partial charge is 0.292 e. The third-order valence-corrected chi connectivity index (χ3v) is 1.01. The Morgan fingerprint density at radius 2 is 2.42 bits per heavy atom. The zero-order chi connectivity index (χ0) is 8.97. The second-order valence-corrected chi connectivity index (χ2v) is 2.01. The molecule has 0 saturated carbocycles. The largest absolute Gasteiger partial charge is 0.292 e. The Bertz CT molecular complexity index is 333. The van der Waals surface area contributed by atoms with Gasteiger partial charge in [-0.05, 0) is 0 Å². The zero-order valence-electron chi connectivity index (χ0n) is 6.29. The summed E-state index contributed by atoms with van der Waals surface area (Å²) in [7, 11) is 0. The molecule has 0 aromatic carbocycles. The molecule has 0 spiro atoms. The van der Waals surface area contributed by atoms with E-state index in [0.29, 0.717) is 0 Å². The first-order valence-electron chi connectivity index (χ1n) is 3.13. The highest BCUT2D eigenvalue weighted by Gasteiger charge is 1.97. The van der Waals surface area contributed by atoms with Crippen molar-refractivity contribution in [2.45, 2.75) is 6.92 Å². The molecule has 1 amide bonds. The molecule has 1 aromatic rings. The number of aromatic amines is 1. The Morgan fingerprint density at radius 1 is 1.67 bits per heavy atom. The number of aromatic nitrogens is 3. The fraction of sp³-hybridized carbons (Fsp3) is 0.200. The quantitative estimate of drug-likeness (QED) is 0.474. The Kier molecular flexibility index (Phi) is 2.36. The molecule has 1 rings (SSSR count).